The molecular formula is C33H38N4O5. The minimum absolute atomic E-state index is 0.0427. The second kappa shape index (κ2) is 12.5. The van der Waals surface area contributed by atoms with Gasteiger partial charge in [-0.05, 0) is 81.3 Å². The van der Waals surface area contributed by atoms with Gasteiger partial charge in [0.05, 0.1) is 11.6 Å². The molecule has 0 radical (unpaired) electrons. The second-order valence-corrected chi connectivity index (χ2v) is 11.8. The van der Waals surface area contributed by atoms with E-state index in [9.17, 15) is 24.3 Å². The summed E-state index contributed by atoms with van der Waals surface area (Å²) in [5.74, 6) is -2.13. The highest BCUT2D eigenvalue weighted by atomic mass is 16.4. The molecule has 3 aromatic carbocycles. The predicted octanol–water partition coefficient (Wildman–Crippen LogP) is 5.01. The lowest BCUT2D eigenvalue weighted by Gasteiger charge is -2.35. The number of carboxylic acid groups (broad SMARTS) is 1. The maximum Gasteiger partial charge on any atom is 0.335 e. The third kappa shape index (κ3) is 6.97. The molecule has 9 nitrogen and oxygen atoms in total. The first-order chi connectivity index (χ1) is 19.9. The van der Waals surface area contributed by atoms with Crippen LogP contribution in [0.2, 0.25) is 0 Å². The Morgan fingerprint density at radius 3 is 2.26 bits per heavy atom. The third-order valence-corrected chi connectivity index (χ3v) is 7.52. The summed E-state index contributed by atoms with van der Waals surface area (Å²) in [6.45, 7) is 7.38. The van der Waals surface area contributed by atoms with Crippen molar-refractivity contribution in [2.24, 2.45) is 5.73 Å². The Morgan fingerprint density at radius 1 is 0.976 bits per heavy atom. The number of carbonyl (C=O) groups excluding carboxylic acids is 3. The van der Waals surface area contributed by atoms with Gasteiger partial charge in [-0.1, -0.05) is 60.7 Å². The molecule has 1 aliphatic rings. The maximum absolute atomic E-state index is 14.6. The van der Waals surface area contributed by atoms with Gasteiger partial charge in [-0.15, -0.1) is 0 Å². The number of anilines is 1. The zero-order valence-electron chi connectivity index (χ0n) is 24.4. The average molecular weight is 571 g/mol. The Kier molecular flexibility index (Phi) is 8.99. The van der Waals surface area contributed by atoms with Crippen molar-refractivity contribution in [3.05, 3.63) is 101 Å². The lowest BCUT2D eigenvalue weighted by molar-refractivity contribution is -0.139. The van der Waals surface area contributed by atoms with E-state index in [0.29, 0.717) is 6.42 Å². The Morgan fingerprint density at radius 2 is 1.64 bits per heavy atom. The molecule has 1 saturated heterocycles. The fraction of sp³-hybridized carbons (Fsp3) is 0.333. The van der Waals surface area contributed by atoms with Crippen LogP contribution in [0.3, 0.4) is 0 Å². The highest BCUT2D eigenvalue weighted by molar-refractivity contribution is 6.01. The fourth-order valence-electron chi connectivity index (χ4n) is 5.76. The van der Waals surface area contributed by atoms with Crippen LogP contribution in [0, 0.1) is 6.92 Å². The fourth-order valence-corrected chi connectivity index (χ4v) is 5.76. The van der Waals surface area contributed by atoms with Crippen molar-refractivity contribution in [3.63, 3.8) is 0 Å². The lowest BCUT2D eigenvalue weighted by atomic mass is 9.84. The molecule has 1 unspecified atom stereocenters. The first-order valence-corrected chi connectivity index (χ1v) is 14.0. The van der Waals surface area contributed by atoms with E-state index >= 15 is 0 Å². The largest absolute Gasteiger partial charge is 0.478 e. The number of hydrogen-bond donors (Lipinski definition) is 3. The molecule has 1 aliphatic heterocycles. The summed E-state index contributed by atoms with van der Waals surface area (Å²) in [4.78, 5) is 55.4. The molecule has 0 bridgehead atoms. The van der Waals surface area contributed by atoms with Crippen molar-refractivity contribution in [3.8, 4) is 0 Å². The minimum atomic E-state index is -1.17. The van der Waals surface area contributed by atoms with Crippen molar-refractivity contribution >= 4 is 29.5 Å². The van der Waals surface area contributed by atoms with Crippen molar-refractivity contribution in [2.75, 3.05) is 11.4 Å². The summed E-state index contributed by atoms with van der Waals surface area (Å²) in [6, 6.07) is 20.8. The van der Waals surface area contributed by atoms with E-state index in [1.807, 2.05) is 82.3 Å². The van der Waals surface area contributed by atoms with E-state index < -0.39 is 35.5 Å². The van der Waals surface area contributed by atoms with E-state index in [1.54, 1.807) is 6.07 Å². The summed E-state index contributed by atoms with van der Waals surface area (Å²) in [5.41, 5.74) is 8.49. The number of aromatic carboxylic acids is 1. The monoisotopic (exact) mass is 570 g/mol. The molecule has 3 aromatic rings. The van der Waals surface area contributed by atoms with Crippen LogP contribution in [-0.2, 0) is 9.59 Å². The highest BCUT2D eigenvalue weighted by Gasteiger charge is 2.43. The number of primary amides is 1. The van der Waals surface area contributed by atoms with Crippen LogP contribution < -0.4 is 16.0 Å². The number of rotatable bonds is 7. The first kappa shape index (κ1) is 30.3. The number of nitrogens with one attached hydrogen (secondary N) is 1. The molecule has 3 atom stereocenters. The number of aryl methyl sites for hydroxylation is 1. The first-order valence-electron chi connectivity index (χ1n) is 14.0. The Labute approximate surface area is 246 Å². The predicted molar refractivity (Wildman–Crippen MR) is 161 cm³/mol. The van der Waals surface area contributed by atoms with Crippen molar-refractivity contribution < 1.29 is 24.3 Å². The molecule has 0 aliphatic carbocycles. The number of carbonyl (C=O) groups is 4. The Bertz CT molecular complexity index is 1470. The van der Waals surface area contributed by atoms with E-state index in [-0.39, 0.29) is 36.0 Å². The van der Waals surface area contributed by atoms with Gasteiger partial charge in [0.1, 0.15) is 12.6 Å². The van der Waals surface area contributed by atoms with Gasteiger partial charge in [0, 0.05) is 11.2 Å². The SMILES string of the molecule is Cc1ccccc1[C@@H]1CC(c2ccccc2)N(CC(=O)NC(C)(C)C)C(=O)[C@H](N(C(N)=O)c2cccc(C(=O)O)c2)C1. The van der Waals surface area contributed by atoms with Crippen LogP contribution in [-0.4, -0.2) is 51.9 Å². The lowest BCUT2D eigenvalue weighted by Crippen LogP contribution is -2.55. The maximum atomic E-state index is 14.6. The molecule has 4 N–H and O–H groups in total. The number of likely N-dealkylation sites (tertiary alicyclic amines) is 1. The molecular weight excluding hydrogens is 532 g/mol. The second-order valence-electron chi connectivity index (χ2n) is 11.8. The Hall–Kier alpha value is -4.66. The molecule has 220 valence electrons. The summed E-state index contributed by atoms with van der Waals surface area (Å²) in [5, 5.41) is 12.5. The molecule has 9 heteroatoms. The smallest absolute Gasteiger partial charge is 0.335 e. The zero-order valence-corrected chi connectivity index (χ0v) is 24.4. The third-order valence-electron chi connectivity index (χ3n) is 7.52. The summed E-state index contributed by atoms with van der Waals surface area (Å²) >= 11 is 0. The number of hydrogen-bond acceptors (Lipinski definition) is 4. The summed E-state index contributed by atoms with van der Waals surface area (Å²) in [7, 11) is 0. The van der Waals surface area contributed by atoms with E-state index in [4.69, 9.17) is 5.73 Å². The van der Waals surface area contributed by atoms with Crippen LogP contribution >= 0.6 is 0 Å². The van der Waals surface area contributed by atoms with Gasteiger partial charge in [0.25, 0.3) is 0 Å². The van der Waals surface area contributed by atoms with Crippen LogP contribution in [0.15, 0.2) is 78.9 Å². The van der Waals surface area contributed by atoms with Gasteiger partial charge >= 0.3 is 12.0 Å². The van der Waals surface area contributed by atoms with E-state index in [0.717, 1.165) is 16.7 Å². The molecule has 1 heterocycles. The number of amides is 4. The summed E-state index contributed by atoms with van der Waals surface area (Å²) in [6.07, 6.45) is 0.728. The van der Waals surface area contributed by atoms with Gasteiger partial charge in [-0.25, -0.2) is 9.59 Å². The van der Waals surface area contributed by atoms with Gasteiger partial charge < -0.3 is 21.1 Å². The minimum Gasteiger partial charge on any atom is -0.478 e. The van der Waals surface area contributed by atoms with Crippen LogP contribution in [0.5, 0.6) is 0 Å². The zero-order chi connectivity index (χ0) is 30.6. The molecule has 0 aromatic heterocycles. The number of carboxylic acids is 1. The molecule has 0 spiro atoms. The van der Waals surface area contributed by atoms with Gasteiger partial charge in [-0.2, -0.15) is 0 Å². The summed E-state index contributed by atoms with van der Waals surface area (Å²) < 4.78 is 0. The number of benzene rings is 3. The van der Waals surface area contributed by atoms with Gasteiger partial charge in [0.15, 0.2) is 0 Å². The van der Waals surface area contributed by atoms with Crippen molar-refractivity contribution in [1.82, 2.24) is 10.2 Å². The average Bonchev–Trinajstić information content (AvgIpc) is 3.05. The van der Waals surface area contributed by atoms with Crippen molar-refractivity contribution in [2.45, 2.75) is 64.1 Å². The van der Waals surface area contributed by atoms with Gasteiger partial charge in [-0.3, -0.25) is 14.5 Å². The number of nitrogens with zero attached hydrogens (tertiary/aromatic N) is 2. The normalized spacial score (nSPS) is 19.1. The number of urea groups is 1. The van der Waals surface area contributed by atoms with E-state index in [1.165, 1.54) is 28.0 Å². The van der Waals surface area contributed by atoms with Crippen LogP contribution in [0.4, 0.5) is 10.5 Å². The number of nitrogens with two attached hydrogens (primary N) is 1. The quantitative estimate of drug-likeness (QED) is 0.367. The van der Waals surface area contributed by atoms with E-state index in [2.05, 4.69) is 5.32 Å². The topological polar surface area (TPSA) is 133 Å². The van der Waals surface area contributed by atoms with Crippen LogP contribution in [0.25, 0.3) is 0 Å². The standard InChI is InChI=1S/C33H38N4O5/c1-21-11-8-9-16-26(21)24-18-27(22-12-6-5-7-13-22)36(20-29(38)35-33(2,3)4)30(39)28(19-24)37(32(34)42)25-15-10-14-23(17-25)31(40)41/h5-17,24,27-28H,18-20H2,1-4H3,(H2,34,42)(H,35,38)(H,40,41)/t24-,27?,28-/m1/s1. The molecule has 4 rings (SSSR count). The Balaban J connectivity index is 1.89. The highest BCUT2D eigenvalue weighted by Crippen LogP contribution is 2.42. The van der Waals surface area contributed by atoms with Crippen LogP contribution in [0.1, 0.15) is 72.6 Å². The van der Waals surface area contributed by atoms with Crippen molar-refractivity contribution in [1.29, 1.82) is 0 Å². The molecule has 42 heavy (non-hydrogen) atoms. The molecule has 1 fully saturated rings. The van der Waals surface area contributed by atoms with Gasteiger partial charge in [0.2, 0.25) is 11.8 Å². The molecule has 0 saturated carbocycles. The molecule has 4 amide bonds.